The van der Waals surface area contributed by atoms with Gasteiger partial charge in [0.05, 0.1) is 6.20 Å². The quantitative estimate of drug-likeness (QED) is 0.537. The Kier molecular flexibility index (Phi) is 2.44. The Hall–Kier alpha value is -2.11. The summed E-state index contributed by atoms with van der Waals surface area (Å²) in [5, 5.41) is 19.3. The first-order chi connectivity index (χ1) is 6.11. The second-order valence-corrected chi connectivity index (χ2v) is 2.16. The summed E-state index contributed by atoms with van der Waals surface area (Å²) in [6.07, 6.45) is 3.41. The van der Waals surface area contributed by atoms with Crippen LogP contribution in [0.25, 0.3) is 0 Å². The lowest BCUT2D eigenvalue weighted by Gasteiger charge is -2.03. The molecule has 0 spiro atoms. The minimum Gasteiger partial charge on any atom is -0.477 e. The van der Waals surface area contributed by atoms with E-state index in [9.17, 15) is 9.59 Å². The molecule has 6 nitrogen and oxygen atoms in total. The molecule has 0 bridgehead atoms. The molecular formula is C7H6N2O4. The van der Waals surface area contributed by atoms with Crippen molar-refractivity contribution in [1.29, 1.82) is 0 Å². The molecule has 68 valence electrons. The Morgan fingerprint density at radius 2 is 1.85 bits per heavy atom. The Labute approximate surface area is 72.9 Å². The van der Waals surface area contributed by atoms with Gasteiger partial charge < -0.3 is 15.5 Å². The molecule has 0 aromatic carbocycles. The summed E-state index contributed by atoms with van der Waals surface area (Å²) in [6, 6.07) is 0. The van der Waals surface area contributed by atoms with Crippen molar-refractivity contribution in [3.8, 4) is 0 Å². The van der Waals surface area contributed by atoms with Crippen LogP contribution in [0.2, 0.25) is 0 Å². The fraction of sp³-hybridized carbons (Fsp3) is 0. The van der Waals surface area contributed by atoms with E-state index in [-0.39, 0.29) is 11.4 Å². The van der Waals surface area contributed by atoms with Crippen LogP contribution >= 0.6 is 0 Å². The highest BCUT2D eigenvalue weighted by Crippen LogP contribution is 2.00. The van der Waals surface area contributed by atoms with E-state index in [1.165, 1.54) is 12.3 Å². The second-order valence-electron chi connectivity index (χ2n) is 2.16. The number of aliphatic carboxylic acids is 2. The number of nitrogens with one attached hydrogen (secondary N) is 1. The normalized spacial score (nSPS) is 15.1. The second kappa shape index (κ2) is 3.53. The van der Waals surface area contributed by atoms with Gasteiger partial charge in [0, 0.05) is 6.21 Å². The number of hydrogen-bond donors (Lipinski definition) is 3. The first-order valence-electron chi connectivity index (χ1n) is 3.28. The monoisotopic (exact) mass is 182 g/mol. The van der Waals surface area contributed by atoms with Gasteiger partial charge in [-0.2, -0.15) is 0 Å². The van der Waals surface area contributed by atoms with Crippen LogP contribution in [0.1, 0.15) is 0 Å². The maximum Gasteiger partial charge on any atom is 0.353 e. The molecule has 0 fully saturated rings. The lowest BCUT2D eigenvalue weighted by molar-refractivity contribution is -0.133. The van der Waals surface area contributed by atoms with E-state index >= 15 is 0 Å². The lowest BCUT2D eigenvalue weighted by atomic mass is 10.3. The zero-order valence-electron chi connectivity index (χ0n) is 6.39. The molecule has 0 radical (unpaired) electrons. The SMILES string of the molecule is O=C(O)C1=CC=NC=C(C(=O)O)N1. The molecule has 0 aliphatic carbocycles. The Balaban J connectivity index is 2.92. The molecule has 0 aromatic heterocycles. The maximum atomic E-state index is 10.5. The van der Waals surface area contributed by atoms with Crippen molar-refractivity contribution in [2.75, 3.05) is 0 Å². The molecule has 3 N–H and O–H groups in total. The summed E-state index contributed by atoms with van der Waals surface area (Å²) < 4.78 is 0. The smallest absolute Gasteiger partial charge is 0.353 e. The van der Waals surface area contributed by atoms with Crippen LogP contribution in [0.4, 0.5) is 0 Å². The van der Waals surface area contributed by atoms with Gasteiger partial charge in [0.15, 0.2) is 0 Å². The van der Waals surface area contributed by atoms with Gasteiger partial charge in [-0.3, -0.25) is 4.99 Å². The van der Waals surface area contributed by atoms with Crippen molar-refractivity contribution in [2.45, 2.75) is 0 Å². The van der Waals surface area contributed by atoms with E-state index < -0.39 is 11.9 Å². The third kappa shape index (κ3) is 2.16. The van der Waals surface area contributed by atoms with Gasteiger partial charge in [0.2, 0.25) is 0 Å². The summed E-state index contributed by atoms with van der Waals surface area (Å²) in [4.78, 5) is 24.4. The van der Waals surface area contributed by atoms with Crippen LogP contribution in [-0.4, -0.2) is 28.4 Å². The minimum atomic E-state index is -1.26. The Morgan fingerprint density at radius 1 is 1.23 bits per heavy atom. The van der Waals surface area contributed by atoms with E-state index in [4.69, 9.17) is 10.2 Å². The van der Waals surface area contributed by atoms with Crippen molar-refractivity contribution in [1.82, 2.24) is 5.32 Å². The van der Waals surface area contributed by atoms with Gasteiger partial charge in [-0.1, -0.05) is 0 Å². The molecule has 0 atom stereocenters. The van der Waals surface area contributed by atoms with Crippen LogP contribution in [0.3, 0.4) is 0 Å². The number of hydrogen-bond acceptors (Lipinski definition) is 4. The van der Waals surface area contributed by atoms with Gasteiger partial charge in [0.1, 0.15) is 11.4 Å². The average molecular weight is 182 g/mol. The predicted octanol–water partition coefficient (Wildman–Crippen LogP) is -0.445. The molecule has 0 unspecified atom stereocenters. The van der Waals surface area contributed by atoms with Crippen LogP contribution in [0, 0.1) is 0 Å². The summed E-state index contributed by atoms with van der Waals surface area (Å²) in [7, 11) is 0. The first kappa shape index (κ1) is 8.98. The number of allylic oxidation sites excluding steroid dienone is 1. The molecular weight excluding hydrogens is 176 g/mol. The lowest BCUT2D eigenvalue weighted by Crippen LogP contribution is -2.23. The molecule has 1 heterocycles. The summed E-state index contributed by atoms with van der Waals surface area (Å²) in [5.41, 5.74) is -0.502. The Morgan fingerprint density at radius 3 is 2.38 bits per heavy atom. The highest BCUT2D eigenvalue weighted by molar-refractivity contribution is 5.96. The Bertz CT molecular complexity index is 308. The molecule has 6 heteroatoms. The minimum absolute atomic E-state index is 0.227. The molecule has 1 rings (SSSR count). The van der Waals surface area contributed by atoms with Crippen molar-refractivity contribution < 1.29 is 19.8 Å². The molecule has 0 saturated carbocycles. The topological polar surface area (TPSA) is 99.0 Å². The molecule has 13 heavy (non-hydrogen) atoms. The maximum absolute atomic E-state index is 10.5. The van der Waals surface area contributed by atoms with Gasteiger partial charge in [-0.05, 0) is 6.08 Å². The van der Waals surface area contributed by atoms with E-state index in [0.29, 0.717) is 0 Å². The highest BCUT2D eigenvalue weighted by Gasteiger charge is 2.14. The summed E-state index contributed by atoms with van der Waals surface area (Å²) in [5.74, 6) is -2.49. The van der Waals surface area contributed by atoms with E-state index in [2.05, 4.69) is 10.3 Å². The van der Waals surface area contributed by atoms with Crippen molar-refractivity contribution >= 4 is 18.2 Å². The van der Waals surface area contributed by atoms with Crippen LogP contribution < -0.4 is 5.32 Å². The summed E-state index contributed by atoms with van der Waals surface area (Å²) in [6.45, 7) is 0. The van der Waals surface area contributed by atoms with Crippen molar-refractivity contribution in [3.63, 3.8) is 0 Å². The third-order valence-electron chi connectivity index (χ3n) is 1.26. The van der Waals surface area contributed by atoms with Gasteiger partial charge in [0.25, 0.3) is 0 Å². The average Bonchev–Trinajstić information content (AvgIpc) is 2.28. The standard InChI is InChI=1S/C7H6N2O4/c10-6(11)4-1-2-8-3-5(9-4)7(12)13/h1-3,9H,(H,10,11)(H,12,13). The van der Waals surface area contributed by atoms with Crippen molar-refractivity contribution in [3.05, 3.63) is 23.7 Å². The van der Waals surface area contributed by atoms with E-state index in [1.54, 1.807) is 0 Å². The molecule has 1 aliphatic heterocycles. The number of carbonyl (C=O) groups is 2. The van der Waals surface area contributed by atoms with Gasteiger partial charge in [-0.15, -0.1) is 0 Å². The zero-order valence-corrected chi connectivity index (χ0v) is 6.39. The third-order valence-corrected chi connectivity index (χ3v) is 1.26. The van der Waals surface area contributed by atoms with E-state index in [1.807, 2.05) is 0 Å². The predicted molar refractivity (Wildman–Crippen MR) is 43.1 cm³/mol. The number of rotatable bonds is 2. The van der Waals surface area contributed by atoms with Crippen molar-refractivity contribution in [2.24, 2.45) is 4.99 Å². The molecule has 0 saturated heterocycles. The highest BCUT2D eigenvalue weighted by atomic mass is 16.4. The number of aliphatic imine (C=N–C) groups is 1. The number of carboxylic acids is 2. The van der Waals surface area contributed by atoms with Gasteiger partial charge >= 0.3 is 11.9 Å². The number of nitrogens with zero attached hydrogens (tertiary/aromatic N) is 1. The first-order valence-corrected chi connectivity index (χ1v) is 3.28. The number of carboxylic acid groups (broad SMARTS) is 2. The molecule has 0 aromatic rings. The summed E-state index contributed by atoms with van der Waals surface area (Å²) >= 11 is 0. The molecule has 0 amide bonds. The fourth-order valence-corrected chi connectivity index (χ4v) is 0.688. The van der Waals surface area contributed by atoms with E-state index in [0.717, 1.165) is 6.20 Å². The fourth-order valence-electron chi connectivity index (χ4n) is 0.688. The largest absolute Gasteiger partial charge is 0.477 e. The van der Waals surface area contributed by atoms with Crippen LogP contribution in [0.15, 0.2) is 28.7 Å². The van der Waals surface area contributed by atoms with Crippen LogP contribution in [0.5, 0.6) is 0 Å². The van der Waals surface area contributed by atoms with Crippen LogP contribution in [-0.2, 0) is 9.59 Å². The zero-order chi connectivity index (χ0) is 9.84. The van der Waals surface area contributed by atoms with Gasteiger partial charge in [-0.25, -0.2) is 9.59 Å². The molecule has 1 aliphatic rings.